The van der Waals surface area contributed by atoms with Crippen LogP contribution < -0.4 is 9.62 Å². The van der Waals surface area contributed by atoms with Crippen molar-refractivity contribution in [1.29, 1.82) is 0 Å². The van der Waals surface area contributed by atoms with E-state index in [0.717, 1.165) is 28.2 Å². The molecule has 0 fully saturated rings. The van der Waals surface area contributed by atoms with Crippen molar-refractivity contribution < 1.29 is 8.42 Å². The van der Waals surface area contributed by atoms with Crippen LogP contribution in [0, 0.1) is 6.92 Å². The van der Waals surface area contributed by atoms with Gasteiger partial charge in [-0.1, -0.05) is 29.8 Å². The van der Waals surface area contributed by atoms with Gasteiger partial charge in [0.1, 0.15) is 4.21 Å². The molecule has 112 valence electrons. The van der Waals surface area contributed by atoms with Gasteiger partial charge in [0, 0.05) is 19.6 Å². The first kappa shape index (κ1) is 14.8. The van der Waals surface area contributed by atoms with Crippen molar-refractivity contribution in [3.63, 3.8) is 0 Å². The first-order valence-electron chi connectivity index (χ1n) is 6.57. The normalized spacial score (nSPS) is 15.6. The van der Waals surface area contributed by atoms with E-state index in [-0.39, 0.29) is 0 Å². The lowest BCUT2D eigenvalue weighted by atomic mass is 10.2. The number of nitrogens with one attached hydrogen (secondary N) is 1. The van der Waals surface area contributed by atoms with Crippen LogP contribution in [-0.2, 0) is 16.6 Å². The summed E-state index contributed by atoms with van der Waals surface area (Å²) in [5.41, 5.74) is 2.52. The molecule has 0 amide bonds. The van der Waals surface area contributed by atoms with E-state index in [1.54, 1.807) is 6.07 Å². The molecule has 1 aromatic carbocycles. The van der Waals surface area contributed by atoms with Crippen LogP contribution in [-0.4, -0.2) is 21.5 Å². The minimum absolute atomic E-state index is 0.293. The van der Waals surface area contributed by atoms with Crippen molar-refractivity contribution in [2.45, 2.75) is 17.7 Å². The Morgan fingerprint density at radius 2 is 2.10 bits per heavy atom. The predicted octanol–water partition coefficient (Wildman–Crippen LogP) is 3.01. The third-order valence-corrected chi connectivity index (χ3v) is 7.26. The second-order valence-corrected chi connectivity index (χ2v) is 8.65. The lowest BCUT2D eigenvalue weighted by molar-refractivity contribution is 0.591. The number of halogens is 1. The summed E-state index contributed by atoms with van der Waals surface area (Å²) in [5.74, 6) is 0. The molecule has 1 aromatic heterocycles. The molecule has 2 aromatic rings. The summed E-state index contributed by atoms with van der Waals surface area (Å²) < 4.78 is 28.1. The highest BCUT2D eigenvalue weighted by atomic mass is 35.5. The molecule has 0 atom stereocenters. The van der Waals surface area contributed by atoms with Gasteiger partial charge in [0.2, 0.25) is 0 Å². The molecule has 1 aliphatic heterocycles. The van der Waals surface area contributed by atoms with Crippen LogP contribution in [0.2, 0.25) is 4.34 Å². The van der Waals surface area contributed by atoms with E-state index in [0.29, 0.717) is 28.2 Å². The monoisotopic (exact) mass is 342 g/mol. The first-order chi connectivity index (χ1) is 10.00. The number of hydrogen-bond donors (Lipinski definition) is 1. The minimum Gasteiger partial charge on any atom is -0.311 e. The van der Waals surface area contributed by atoms with E-state index < -0.39 is 10.0 Å². The van der Waals surface area contributed by atoms with Gasteiger partial charge in [0.05, 0.1) is 10.0 Å². The summed E-state index contributed by atoms with van der Waals surface area (Å²) in [6.45, 7) is 3.52. The maximum atomic E-state index is 12.9. The van der Waals surface area contributed by atoms with Gasteiger partial charge >= 0.3 is 0 Å². The van der Waals surface area contributed by atoms with Gasteiger partial charge in [-0.3, -0.25) is 4.31 Å². The molecule has 21 heavy (non-hydrogen) atoms. The Morgan fingerprint density at radius 1 is 1.33 bits per heavy atom. The molecule has 7 heteroatoms. The Balaban J connectivity index is 2.10. The summed E-state index contributed by atoms with van der Waals surface area (Å²) in [6, 6.07) is 9.22. The molecule has 0 saturated carbocycles. The van der Waals surface area contributed by atoms with E-state index in [4.69, 9.17) is 11.6 Å². The average molecular weight is 343 g/mol. The molecule has 0 saturated heterocycles. The highest BCUT2D eigenvalue weighted by molar-refractivity contribution is 7.94. The van der Waals surface area contributed by atoms with E-state index in [9.17, 15) is 8.42 Å². The second kappa shape index (κ2) is 5.61. The summed E-state index contributed by atoms with van der Waals surface area (Å²) in [7, 11) is -3.57. The molecule has 0 spiro atoms. The number of thiophene rings is 1. The molecule has 0 unspecified atom stereocenters. The average Bonchev–Trinajstić information content (AvgIpc) is 2.69. The van der Waals surface area contributed by atoms with Gasteiger partial charge in [-0.15, -0.1) is 11.3 Å². The second-order valence-electron chi connectivity index (χ2n) is 4.90. The van der Waals surface area contributed by atoms with Crippen LogP contribution in [0.3, 0.4) is 0 Å². The van der Waals surface area contributed by atoms with Crippen LogP contribution in [0.15, 0.2) is 34.5 Å². The molecular weight excluding hydrogens is 328 g/mol. The number of rotatable bonds is 2. The maximum absolute atomic E-state index is 12.9. The summed E-state index contributed by atoms with van der Waals surface area (Å²) >= 11 is 7.14. The van der Waals surface area contributed by atoms with Crippen LogP contribution in [0.4, 0.5) is 5.69 Å². The molecular formula is C14H15ClN2O2S2. The zero-order valence-electron chi connectivity index (χ0n) is 11.5. The molecule has 0 aliphatic carbocycles. The minimum atomic E-state index is -3.57. The molecule has 0 bridgehead atoms. The SMILES string of the molecule is Cc1cc(S(=O)(=O)N2CCNCc3ccccc32)sc1Cl. The zero-order valence-corrected chi connectivity index (χ0v) is 13.9. The molecule has 2 heterocycles. The fourth-order valence-electron chi connectivity index (χ4n) is 2.34. The predicted molar refractivity (Wildman–Crippen MR) is 86.7 cm³/mol. The van der Waals surface area contributed by atoms with Crippen molar-refractivity contribution in [3.8, 4) is 0 Å². The summed E-state index contributed by atoms with van der Waals surface area (Å²) in [6.07, 6.45) is 0. The zero-order chi connectivity index (χ0) is 15.0. The van der Waals surface area contributed by atoms with Crippen LogP contribution in [0.1, 0.15) is 11.1 Å². The van der Waals surface area contributed by atoms with Crippen LogP contribution in [0.5, 0.6) is 0 Å². The summed E-state index contributed by atoms with van der Waals surface area (Å²) in [4.78, 5) is 0. The first-order valence-corrected chi connectivity index (χ1v) is 9.21. The number of anilines is 1. The largest absolute Gasteiger partial charge is 0.311 e. The van der Waals surface area contributed by atoms with E-state index in [1.165, 1.54) is 4.31 Å². The fraction of sp³-hybridized carbons (Fsp3) is 0.286. The van der Waals surface area contributed by atoms with Gasteiger partial charge < -0.3 is 5.32 Å². The van der Waals surface area contributed by atoms with E-state index in [1.807, 2.05) is 31.2 Å². The number of para-hydroxylation sites is 1. The number of aryl methyl sites for hydroxylation is 1. The van der Waals surface area contributed by atoms with Gasteiger partial charge in [-0.2, -0.15) is 0 Å². The molecule has 1 N–H and O–H groups in total. The molecule has 3 rings (SSSR count). The Labute approximate surface area is 133 Å². The Hall–Kier alpha value is -1.08. The number of benzene rings is 1. The third-order valence-electron chi connectivity index (χ3n) is 3.45. The van der Waals surface area contributed by atoms with Gasteiger partial charge in [0.25, 0.3) is 10.0 Å². The highest BCUT2D eigenvalue weighted by Crippen LogP contribution is 2.35. The van der Waals surface area contributed by atoms with Crippen molar-refractivity contribution in [2.75, 3.05) is 17.4 Å². The van der Waals surface area contributed by atoms with E-state index >= 15 is 0 Å². The lowest BCUT2D eigenvalue weighted by Gasteiger charge is -2.23. The number of hydrogen-bond acceptors (Lipinski definition) is 4. The number of sulfonamides is 1. The topological polar surface area (TPSA) is 49.4 Å². The van der Waals surface area contributed by atoms with Crippen molar-refractivity contribution in [2.24, 2.45) is 0 Å². The quantitative estimate of drug-likeness (QED) is 0.912. The maximum Gasteiger partial charge on any atom is 0.273 e. The lowest BCUT2D eigenvalue weighted by Crippen LogP contribution is -2.34. The Bertz CT molecular complexity index is 752. The fourth-order valence-corrected chi connectivity index (χ4v) is 5.67. The Morgan fingerprint density at radius 3 is 2.81 bits per heavy atom. The van der Waals surface area contributed by atoms with E-state index in [2.05, 4.69) is 5.32 Å². The number of nitrogens with zero attached hydrogens (tertiary/aromatic N) is 1. The molecule has 0 radical (unpaired) electrons. The third kappa shape index (κ3) is 2.68. The van der Waals surface area contributed by atoms with Gasteiger partial charge in [0.15, 0.2) is 0 Å². The van der Waals surface area contributed by atoms with Gasteiger partial charge in [-0.05, 0) is 30.2 Å². The smallest absolute Gasteiger partial charge is 0.273 e. The molecule has 4 nitrogen and oxygen atoms in total. The van der Waals surface area contributed by atoms with Crippen molar-refractivity contribution in [1.82, 2.24) is 5.32 Å². The summed E-state index contributed by atoms with van der Waals surface area (Å²) in [5, 5.41) is 3.24. The van der Waals surface area contributed by atoms with Gasteiger partial charge in [-0.25, -0.2) is 8.42 Å². The molecule has 1 aliphatic rings. The van der Waals surface area contributed by atoms with Crippen molar-refractivity contribution in [3.05, 3.63) is 45.8 Å². The highest BCUT2D eigenvalue weighted by Gasteiger charge is 2.29. The van der Waals surface area contributed by atoms with Crippen LogP contribution in [0.25, 0.3) is 0 Å². The number of fused-ring (bicyclic) bond motifs is 1. The standard InChI is InChI=1S/C14H15ClN2O2S2/c1-10-8-13(20-14(10)15)21(18,19)17-7-6-16-9-11-4-2-3-5-12(11)17/h2-5,8,16H,6-7,9H2,1H3. The van der Waals surface area contributed by atoms with Crippen molar-refractivity contribution >= 4 is 38.6 Å². The van der Waals surface area contributed by atoms with Crippen LogP contribution >= 0.6 is 22.9 Å². The Kier molecular flexibility index (Phi) is 3.96.